The standard InChI is InChI=1S/C12H21N3/c1-8-6-10(9(2)13)7-14-11(8)15-12(3,4)5/h6-7,9H,13H2,1-5H3,(H,14,15). The maximum absolute atomic E-state index is 5.80. The van der Waals surface area contributed by atoms with Crippen molar-refractivity contribution in [1.29, 1.82) is 0 Å². The molecule has 0 fully saturated rings. The summed E-state index contributed by atoms with van der Waals surface area (Å²) < 4.78 is 0. The van der Waals surface area contributed by atoms with Crippen molar-refractivity contribution in [2.24, 2.45) is 5.73 Å². The first-order chi connectivity index (χ1) is 6.79. The molecule has 3 N–H and O–H groups in total. The van der Waals surface area contributed by atoms with Gasteiger partial charge in [0.05, 0.1) is 0 Å². The summed E-state index contributed by atoms with van der Waals surface area (Å²) in [4.78, 5) is 4.39. The minimum atomic E-state index is 0.0353. The predicted octanol–water partition coefficient (Wildman–Crippen LogP) is 2.62. The molecule has 0 aliphatic heterocycles. The number of nitrogens with one attached hydrogen (secondary N) is 1. The highest BCUT2D eigenvalue weighted by molar-refractivity contribution is 5.46. The van der Waals surface area contributed by atoms with Crippen LogP contribution in [-0.4, -0.2) is 10.5 Å². The molecule has 0 aromatic carbocycles. The maximum Gasteiger partial charge on any atom is 0.129 e. The number of aryl methyl sites for hydroxylation is 1. The molecular weight excluding hydrogens is 186 g/mol. The van der Waals surface area contributed by atoms with Crippen LogP contribution in [0.1, 0.15) is 44.9 Å². The average Bonchev–Trinajstić information content (AvgIpc) is 2.05. The molecule has 1 atom stereocenters. The Morgan fingerprint density at radius 2 is 2.00 bits per heavy atom. The van der Waals surface area contributed by atoms with Gasteiger partial charge in [-0.15, -0.1) is 0 Å². The van der Waals surface area contributed by atoms with Crippen molar-refractivity contribution in [1.82, 2.24) is 4.98 Å². The molecule has 0 radical (unpaired) electrons. The number of pyridine rings is 1. The SMILES string of the molecule is Cc1cc(C(C)N)cnc1NC(C)(C)C. The Morgan fingerprint density at radius 3 is 2.40 bits per heavy atom. The van der Waals surface area contributed by atoms with E-state index in [1.807, 2.05) is 20.0 Å². The molecule has 0 saturated heterocycles. The lowest BCUT2D eigenvalue weighted by Crippen LogP contribution is -2.27. The van der Waals surface area contributed by atoms with Crippen LogP contribution in [-0.2, 0) is 0 Å². The molecular formula is C12H21N3. The molecule has 0 amide bonds. The zero-order valence-electron chi connectivity index (χ0n) is 10.3. The molecule has 1 heterocycles. The largest absolute Gasteiger partial charge is 0.365 e. The number of rotatable bonds is 2. The van der Waals surface area contributed by atoms with Crippen LogP contribution in [0.3, 0.4) is 0 Å². The minimum Gasteiger partial charge on any atom is -0.365 e. The number of anilines is 1. The minimum absolute atomic E-state index is 0.0353. The van der Waals surface area contributed by atoms with Gasteiger partial charge in [0, 0.05) is 17.8 Å². The lowest BCUT2D eigenvalue weighted by Gasteiger charge is -2.23. The molecule has 3 heteroatoms. The van der Waals surface area contributed by atoms with E-state index in [0.29, 0.717) is 0 Å². The molecule has 1 rings (SSSR count). The monoisotopic (exact) mass is 207 g/mol. The van der Waals surface area contributed by atoms with Crippen LogP contribution in [0.4, 0.5) is 5.82 Å². The lowest BCUT2D eigenvalue weighted by molar-refractivity contribution is 0.629. The van der Waals surface area contributed by atoms with Crippen LogP contribution >= 0.6 is 0 Å². The van der Waals surface area contributed by atoms with Crippen LogP contribution in [0.2, 0.25) is 0 Å². The van der Waals surface area contributed by atoms with Crippen LogP contribution in [0.15, 0.2) is 12.3 Å². The first-order valence-corrected chi connectivity index (χ1v) is 5.30. The van der Waals surface area contributed by atoms with E-state index >= 15 is 0 Å². The first kappa shape index (κ1) is 12.0. The van der Waals surface area contributed by atoms with Gasteiger partial charge in [0.25, 0.3) is 0 Å². The molecule has 0 spiro atoms. The van der Waals surface area contributed by atoms with Crippen LogP contribution in [0.5, 0.6) is 0 Å². The lowest BCUT2D eigenvalue weighted by atomic mass is 10.1. The second-order valence-electron chi connectivity index (χ2n) is 5.10. The quantitative estimate of drug-likeness (QED) is 0.783. The Kier molecular flexibility index (Phi) is 3.35. The average molecular weight is 207 g/mol. The highest BCUT2D eigenvalue weighted by atomic mass is 15.0. The van der Waals surface area contributed by atoms with E-state index in [1.165, 1.54) is 0 Å². The highest BCUT2D eigenvalue weighted by Gasteiger charge is 2.12. The topological polar surface area (TPSA) is 50.9 Å². The zero-order chi connectivity index (χ0) is 11.6. The Labute approximate surface area is 92.1 Å². The zero-order valence-corrected chi connectivity index (χ0v) is 10.3. The van der Waals surface area contributed by atoms with Crippen molar-refractivity contribution >= 4 is 5.82 Å². The summed E-state index contributed by atoms with van der Waals surface area (Å²) in [6.45, 7) is 10.4. The van der Waals surface area contributed by atoms with E-state index in [1.54, 1.807) is 0 Å². The first-order valence-electron chi connectivity index (χ1n) is 5.30. The van der Waals surface area contributed by atoms with Gasteiger partial charge in [0.2, 0.25) is 0 Å². The number of aromatic nitrogens is 1. The fourth-order valence-corrected chi connectivity index (χ4v) is 1.33. The van der Waals surface area contributed by atoms with Gasteiger partial charge in [-0.05, 0) is 51.8 Å². The summed E-state index contributed by atoms with van der Waals surface area (Å²) in [7, 11) is 0. The van der Waals surface area contributed by atoms with Crippen molar-refractivity contribution in [2.45, 2.75) is 46.2 Å². The van der Waals surface area contributed by atoms with Gasteiger partial charge in [-0.2, -0.15) is 0 Å². The Hall–Kier alpha value is -1.09. The van der Waals surface area contributed by atoms with Gasteiger partial charge in [0.1, 0.15) is 5.82 Å². The van der Waals surface area contributed by atoms with Crippen molar-refractivity contribution in [2.75, 3.05) is 5.32 Å². The molecule has 0 aliphatic carbocycles. The number of hydrogen-bond acceptors (Lipinski definition) is 3. The van der Waals surface area contributed by atoms with Crippen molar-refractivity contribution < 1.29 is 0 Å². The third kappa shape index (κ3) is 3.51. The molecule has 84 valence electrons. The Balaban J connectivity index is 2.94. The summed E-state index contributed by atoms with van der Waals surface area (Å²) in [5.41, 5.74) is 8.05. The van der Waals surface area contributed by atoms with Crippen LogP contribution in [0.25, 0.3) is 0 Å². The van der Waals surface area contributed by atoms with Gasteiger partial charge in [0.15, 0.2) is 0 Å². The van der Waals surface area contributed by atoms with Gasteiger partial charge < -0.3 is 11.1 Å². The van der Waals surface area contributed by atoms with Gasteiger partial charge >= 0.3 is 0 Å². The predicted molar refractivity (Wildman–Crippen MR) is 65.0 cm³/mol. The van der Waals surface area contributed by atoms with E-state index in [-0.39, 0.29) is 11.6 Å². The molecule has 15 heavy (non-hydrogen) atoms. The molecule has 0 aliphatic rings. The second kappa shape index (κ2) is 4.19. The molecule has 3 nitrogen and oxygen atoms in total. The normalized spacial score (nSPS) is 13.7. The molecule has 0 saturated carbocycles. The van der Waals surface area contributed by atoms with Crippen molar-refractivity contribution in [3.05, 3.63) is 23.4 Å². The summed E-state index contributed by atoms with van der Waals surface area (Å²) >= 11 is 0. The molecule has 1 aromatic heterocycles. The fourth-order valence-electron chi connectivity index (χ4n) is 1.33. The maximum atomic E-state index is 5.80. The number of hydrogen-bond donors (Lipinski definition) is 2. The summed E-state index contributed by atoms with van der Waals surface area (Å²) in [5.74, 6) is 0.937. The van der Waals surface area contributed by atoms with E-state index in [0.717, 1.165) is 16.9 Å². The highest BCUT2D eigenvalue weighted by Crippen LogP contribution is 2.19. The summed E-state index contributed by atoms with van der Waals surface area (Å²) in [6.07, 6.45) is 1.84. The van der Waals surface area contributed by atoms with Crippen LogP contribution < -0.4 is 11.1 Å². The smallest absolute Gasteiger partial charge is 0.129 e. The van der Waals surface area contributed by atoms with Crippen molar-refractivity contribution in [3.8, 4) is 0 Å². The Bertz CT molecular complexity index is 337. The summed E-state index contributed by atoms with van der Waals surface area (Å²) in [5, 5.41) is 3.36. The number of nitrogens with two attached hydrogens (primary N) is 1. The fraction of sp³-hybridized carbons (Fsp3) is 0.583. The van der Waals surface area contributed by atoms with E-state index in [9.17, 15) is 0 Å². The second-order valence-corrected chi connectivity index (χ2v) is 5.10. The van der Waals surface area contributed by atoms with Crippen molar-refractivity contribution in [3.63, 3.8) is 0 Å². The molecule has 1 aromatic rings. The molecule has 1 unspecified atom stereocenters. The third-order valence-electron chi connectivity index (χ3n) is 2.12. The van der Waals surface area contributed by atoms with E-state index in [4.69, 9.17) is 5.73 Å². The number of nitrogens with zero attached hydrogens (tertiary/aromatic N) is 1. The third-order valence-corrected chi connectivity index (χ3v) is 2.12. The summed E-state index contributed by atoms with van der Waals surface area (Å²) in [6, 6.07) is 2.13. The van der Waals surface area contributed by atoms with Gasteiger partial charge in [-0.1, -0.05) is 0 Å². The van der Waals surface area contributed by atoms with Gasteiger partial charge in [-0.25, -0.2) is 4.98 Å². The van der Waals surface area contributed by atoms with E-state index in [2.05, 4.69) is 37.1 Å². The van der Waals surface area contributed by atoms with Crippen LogP contribution in [0, 0.1) is 6.92 Å². The Morgan fingerprint density at radius 1 is 1.40 bits per heavy atom. The van der Waals surface area contributed by atoms with Gasteiger partial charge in [-0.3, -0.25) is 0 Å². The van der Waals surface area contributed by atoms with E-state index < -0.39 is 0 Å². The molecule has 0 bridgehead atoms.